The molecule has 4 rings (SSSR count). The van der Waals surface area contributed by atoms with E-state index < -0.39 is 17.2 Å². The van der Waals surface area contributed by atoms with Crippen LogP contribution in [0.2, 0.25) is 10.0 Å². The fourth-order valence-corrected chi connectivity index (χ4v) is 6.05. The molecule has 1 spiro atoms. The molecule has 1 aromatic rings. The highest BCUT2D eigenvalue weighted by molar-refractivity contribution is 6.35. The van der Waals surface area contributed by atoms with Crippen molar-refractivity contribution in [2.45, 2.75) is 25.7 Å². The molecule has 1 aromatic carbocycles. The summed E-state index contributed by atoms with van der Waals surface area (Å²) in [4.78, 5) is 25.4. The van der Waals surface area contributed by atoms with Gasteiger partial charge in [0, 0.05) is 10.0 Å². The smallest absolute Gasteiger partial charge is 0.310 e. The van der Waals surface area contributed by atoms with E-state index in [2.05, 4.69) is 12.2 Å². The van der Waals surface area contributed by atoms with Gasteiger partial charge in [0.05, 0.1) is 18.4 Å². The molecule has 3 aliphatic carbocycles. The van der Waals surface area contributed by atoms with Crippen molar-refractivity contribution in [1.82, 2.24) is 0 Å². The molecule has 0 aliphatic heterocycles. The first-order valence-electron chi connectivity index (χ1n) is 8.87. The average Bonchev–Trinajstić information content (AvgIpc) is 3.27. The van der Waals surface area contributed by atoms with Crippen molar-refractivity contribution >= 4 is 35.1 Å². The third-order valence-electron chi connectivity index (χ3n) is 6.83. The Hall–Kier alpha value is -1.52. The van der Waals surface area contributed by atoms with Gasteiger partial charge < -0.3 is 10.5 Å². The number of halogens is 2. The molecule has 1 amide bonds. The van der Waals surface area contributed by atoms with Crippen molar-refractivity contribution in [1.29, 1.82) is 0 Å². The zero-order valence-corrected chi connectivity index (χ0v) is 16.0. The van der Waals surface area contributed by atoms with E-state index in [1.165, 1.54) is 7.11 Å². The van der Waals surface area contributed by atoms with E-state index in [0.29, 0.717) is 22.9 Å². The average molecular weight is 394 g/mol. The molecular weight excluding hydrogens is 373 g/mol. The van der Waals surface area contributed by atoms with Gasteiger partial charge in [-0.25, -0.2) is 0 Å². The van der Waals surface area contributed by atoms with Gasteiger partial charge in [-0.2, -0.15) is 0 Å². The first-order chi connectivity index (χ1) is 12.4. The molecular formula is C20H21Cl2NO3. The maximum Gasteiger partial charge on any atom is 0.310 e. The molecule has 0 aromatic heterocycles. The zero-order chi connectivity index (χ0) is 18.7. The van der Waals surface area contributed by atoms with Gasteiger partial charge in [-0.05, 0) is 60.6 Å². The van der Waals surface area contributed by atoms with Crippen LogP contribution in [0, 0.1) is 28.6 Å². The van der Waals surface area contributed by atoms with Crippen molar-refractivity contribution in [3.8, 4) is 0 Å². The molecule has 2 N–H and O–H groups in total. The molecule has 138 valence electrons. The van der Waals surface area contributed by atoms with Crippen LogP contribution in [0.3, 0.4) is 0 Å². The standard InChI is InChI=1S/C20H21Cl2NO3/c1-26-17(24)16-13-4-5-15(19(13)8-9-19)20(16,18(23)25)7-6-11-2-3-12(21)10-14(11)22/h2-5,10,13,15-16H,6-9H2,1H3,(H2,23,25)/t13-,15+,16+,20-/m1/s1. The minimum absolute atomic E-state index is 0.00678. The second-order valence-electron chi connectivity index (χ2n) is 7.76. The molecule has 0 heterocycles. The van der Waals surface area contributed by atoms with E-state index in [4.69, 9.17) is 33.7 Å². The number of hydrogen-bond acceptors (Lipinski definition) is 3. The fraction of sp³-hybridized carbons (Fsp3) is 0.500. The van der Waals surface area contributed by atoms with Crippen LogP contribution in [0.25, 0.3) is 0 Å². The van der Waals surface area contributed by atoms with Gasteiger partial charge in [0.1, 0.15) is 0 Å². The van der Waals surface area contributed by atoms with Crippen LogP contribution in [-0.4, -0.2) is 19.0 Å². The highest BCUT2D eigenvalue weighted by atomic mass is 35.5. The Morgan fingerprint density at radius 1 is 1.27 bits per heavy atom. The third-order valence-corrected chi connectivity index (χ3v) is 7.41. The fourth-order valence-electron chi connectivity index (χ4n) is 5.54. The Kier molecular flexibility index (Phi) is 4.12. The van der Waals surface area contributed by atoms with Crippen LogP contribution in [-0.2, 0) is 20.7 Å². The Bertz CT molecular complexity index is 817. The number of hydrogen-bond donors (Lipinski definition) is 1. The van der Waals surface area contributed by atoms with Crippen LogP contribution in [0.4, 0.5) is 0 Å². The highest BCUT2D eigenvalue weighted by Crippen LogP contribution is 2.76. The van der Waals surface area contributed by atoms with Crippen LogP contribution >= 0.6 is 23.2 Å². The van der Waals surface area contributed by atoms with E-state index in [1.54, 1.807) is 12.1 Å². The number of amides is 1. The van der Waals surface area contributed by atoms with Crippen molar-refractivity contribution < 1.29 is 14.3 Å². The van der Waals surface area contributed by atoms with Crippen LogP contribution in [0.1, 0.15) is 24.8 Å². The molecule has 0 saturated heterocycles. The van der Waals surface area contributed by atoms with Crippen LogP contribution in [0.5, 0.6) is 0 Å². The summed E-state index contributed by atoms with van der Waals surface area (Å²) in [5.41, 5.74) is 5.93. The summed E-state index contributed by atoms with van der Waals surface area (Å²) in [6, 6.07) is 5.33. The number of aryl methyl sites for hydroxylation is 1. The van der Waals surface area contributed by atoms with Crippen molar-refractivity contribution in [2.24, 2.45) is 34.3 Å². The number of primary amides is 1. The number of esters is 1. The van der Waals surface area contributed by atoms with E-state index in [-0.39, 0.29) is 23.2 Å². The summed E-state index contributed by atoms with van der Waals surface area (Å²) in [7, 11) is 1.37. The quantitative estimate of drug-likeness (QED) is 0.610. The number of carbonyl (C=O) groups excluding carboxylic acids is 2. The summed E-state index contributed by atoms with van der Waals surface area (Å²) >= 11 is 12.3. The lowest BCUT2D eigenvalue weighted by molar-refractivity contribution is -0.156. The van der Waals surface area contributed by atoms with Crippen molar-refractivity contribution in [3.63, 3.8) is 0 Å². The summed E-state index contributed by atoms with van der Waals surface area (Å²) < 4.78 is 5.08. The lowest BCUT2D eigenvalue weighted by atomic mass is 9.64. The Morgan fingerprint density at radius 2 is 2.00 bits per heavy atom. The topological polar surface area (TPSA) is 69.4 Å². The van der Waals surface area contributed by atoms with Gasteiger partial charge in [-0.3, -0.25) is 9.59 Å². The molecule has 0 radical (unpaired) electrons. The minimum Gasteiger partial charge on any atom is -0.469 e. The molecule has 3 aliphatic rings. The molecule has 4 nitrogen and oxygen atoms in total. The molecule has 2 saturated carbocycles. The van der Waals surface area contributed by atoms with Crippen LogP contribution < -0.4 is 5.73 Å². The lowest BCUT2D eigenvalue weighted by Crippen LogP contribution is -2.49. The molecule has 26 heavy (non-hydrogen) atoms. The molecule has 4 atom stereocenters. The number of carbonyl (C=O) groups is 2. The lowest BCUT2D eigenvalue weighted by Gasteiger charge is -2.38. The Balaban J connectivity index is 1.72. The number of nitrogens with two attached hydrogens (primary N) is 1. The highest BCUT2D eigenvalue weighted by Gasteiger charge is 2.76. The SMILES string of the molecule is COC(=O)[C@@H]1[C@H]2C=C[C@@H](C23CC3)[C@@]1(CCc1ccc(Cl)cc1Cl)C(N)=O. The van der Waals surface area contributed by atoms with Crippen molar-refractivity contribution in [2.75, 3.05) is 7.11 Å². The van der Waals surface area contributed by atoms with Gasteiger partial charge >= 0.3 is 5.97 Å². The van der Waals surface area contributed by atoms with Gasteiger partial charge in [0.15, 0.2) is 0 Å². The second-order valence-corrected chi connectivity index (χ2v) is 8.61. The normalized spacial score (nSPS) is 32.8. The van der Waals surface area contributed by atoms with E-state index in [0.717, 1.165) is 18.4 Å². The Labute approximate surface area is 162 Å². The summed E-state index contributed by atoms with van der Waals surface area (Å²) in [6.07, 6.45) is 7.27. The number of benzene rings is 1. The second kappa shape index (κ2) is 6.00. The minimum atomic E-state index is -0.925. The van der Waals surface area contributed by atoms with Gasteiger partial charge in [0.2, 0.25) is 5.91 Å². The zero-order valence-electron chi connectivity index (χ0n) is 14.5. The van der Waals surface area contributed by atoms with Gasteiger partial charge in [-0.15, -0.1) is 0 Å². The predicted molar refractivity (Wildman–Crippen MR) is 99.7 cm³/mol. The van der Waals surface area contributed by atoms with E-state index in [9.17, 15) is 9.59 Å². The van der Waals surface area contributed by atoms with E-state index in [1.807, 2.05) is 6.07 Å². The van der Waals surface area contributed by atoms with Gasteiger partial charge in [0.25, 0.3) is 0 Å². The molecule has 2 bridgehead atoms. The maximum atomic E-state index is 12.7. The predicted octanol–water partition coefficient (Wildman–Crippen LogP) is 3.78. The largest absolute Gasteiger partial charge is 0.469 e. The summed E-state index contributed by atoms with van der Waals surface area (Å²) in [5.74, 6) is -1.25. The van der Waals surface area contributed by atoms with E-state index >= 15 is 0 Å². The number of methoxy groups -OCH3 is 1. The number of allylic oxidation sites excluding steroid dienone is 2. The number of ether oxygens (including phenoxy) is 1. The van der Waals surface area contributed by atoms with Crippen LogP contribution in [0.15, 0.2) is 30.4 Å². The Morgan fingerprint density at radius 3 is 2.58 bits per heavy atom. The first kappa shape index (κ1) is 17.9. The van der Waals surface area contributed by atoms with Gasteiger partial charge in [-0.1, -0.05) is 41.4 Å². The monoisotopic (exact) mass is 393 g/mol. The molecule has 6 heteroatoms. The first-order valence-corrected chi connectivity index (χ1v) is 9.62. The molecule has 2 fully saturated rings. The summed E-state index contributed by atoms with van der Waals surface area (Å²) in [5, 5.41) is 1.13. The third kappa shape index (κ3) is 2.28. The molecule has 0 unspecified atom stereocenters. The number of rotatable bonds is 5. The summed E-state index contributed by atoms with van der Waals surface area (Å²) in [6.45, 7) is 0. The maximum absolute atomic E-state index is 12.7. The van der Waals surface area contributed by atoms with Crippen molar-refractivity contribution in [3.05, 3.63) is 46.0 Å².